The first kappa shape index (κ1) is 61.8. The number of carbonyl (C=O) groups excluding carboxylic acids is 4. The van der Waals surface area contributed by atoms with Crippen LogP contribution in [0.5, 0.6) is 0 Å². The van der Waals surface area contributed by atoms with Crippen LogP contribution in [0.3, 0.4) is 0 Å². The Balaban J connectivity index is -0.000000510. The van der Waals surface area contributed by atoms with E-state index in [0.717, 1.165) is 24.8 Å². The molecule has 0 aliphatic carbocycles. The number of hydrogen-bond acceptors (Lipinski definition) is 6. The SMILES string of the molecule is C=C=CCN1C(=O)[C@@H]2C(/C=C\C3OC(C=C)[C@H]4C(=O)N(CCCCC)C(=O)[C@@H]34)OC(/C=C\c3ccccc3)[C@@H]2C1=O.CC.[C-]#[O+].[C-]#[O+].[C-]#[O+].[C-]#[O+].[C-]#[O+].[C-]#[O+].[Co].[Co]. The summed E-state index contributed by atoms with van der Waals surface area (Å²) in [6, 6.07) is 9.64. The maximum Gasteiger partial charge on any atom is 0 e. The Morgan fingerprint density at radius 1 is 0.649 bits per heavy atom. The molecule has 4 fully saturated rings. The normalized spacial score (nSPS) is 23.9. The Hall–Kier alpha value is -4.39. The van der Waals surface area contributed by atoms with Gasteiger partial charge in [0.05, 0.1) is 54.6 Å². The zero-order valence-corrected chi connectivity index (χ0v) is 33.5. The number of nitrogens with zero attached hydrogens (tertiary/aromatic N) is 2. The minimum absolute atomic E-state index is 0. The molecule has 16 heteroatoms. The van der Waals surface area contributed by atoms with Crippen molar-refractivity contribution in [2.75, 3.05) is 13.1 Å². The average Bonchev–Trinajstić information content (AvgIpc) is 3.97. The fourth-order valence-corrected chi connectivity index (χ4v) is 6.39. The number of fused-ring (bicyclic) bond motifs is 2. The van der Waals surface area contributed by atoms with Gasteiger partial charge in [0.25, 0.3) is 0 Å². The van der Waals surface area contributed by atoms with E-state index in [2.05, 4.69) is 65.7 Å². The molecule has 4 aliphatic rings. The van der Waals surface area contributed by atoms with Crippen LogP contribution in [0.25, 0.3) is 6.08 Å². The van der Waals surface area contributed by atoms with Crippen LogP contribution in [0.2, 0.25) is 0 Å². The average molecular weight is 873 g/mol. The first-order valence-electron chi connectivity index (χ1n) is 16.5. The smallest absolute Gasteiger partial charge is 0 e. The zero-order chi connectivity index (χ0) is 43.1. The van der Waals surface area contributed by atoms with Gasteiger partial charge in [-0.1, -0.05) is 101 Å². The van der Waals surface area contributed by atoms with Gasteiger partial charge in [0.2, 0.25) is 23.6 Å². The van der Waals surface area contributed by atoms with Crippen molar-refractivity contribution >= 4 is 29.7 Å². The van der Waals surface area contributed by atoms with E-state index in [-0.39, 0.29) is 63.7 Å². The molecule has 1 aromatic rings. The minimum atomic E-state index is -0.721. The van der Waals surface area contributed by atoms with Crippen molar-refractivity contribution in [2.24, 2.45) is 23.7 Å². The maximum atomic E-state index is 13.4. The molecule has 8 atom stereocenters. The van der Waals surface area contributed by atoms with Crippen molar-refractivity contribution < 1.29 is 90.1 Å². The monoisotopic (exact) mass is 872 g/mol. The van der Waals surface area contributed by atoms with Crippen molar-refractivity contribution in [3.05, 3.63) is 125 Å². The van der Waals surface area contributed by atoms with Gasteiger partial charge in [-0.3, -0.25) is 29.0 Å². The van der Waals surface area contributed by atoms with Gasteiger partial charge in [0.1, 0.15) is 0 Å². The summed E-state index contributed by atoms with van der Waals surface area (Å²) in [5.41, 5.74) is 3.57. The maximum absolute atomic E-state index is 13.4. The van der Waals surface area contributed by atoms with Gasteiger partial charge in [0, 0.05) is 40.1 Å². The van der Waals surface area contributed by atoms with Crippen LogP contribution < -0.4 is 0 Å². The first-order chi connectivity index (χ1) is 26.9. The molecule has 0 spiro atoms. The second kappa shape index (κ2) is 37.2. The molecule has 5 rings (SSSR count). The number of amides is 4. The Kier molecular flexibility index (Phi) is 40.4. The number of ether oxygens (including phenoxy) is 2. The standard InChI is InChI=1S/C33H36N2O6.C2H6.6CO.2Co/c1-4-7-12-20-35-30(36)26-22(6-3)40-24(27(26)31(35)37)17-18-25-29-28(32(38)34(33(29)39)19-8-5-2)23(41-25)16-15-21-13-10-9-11-14-21;7*1-2;;/h6,8-11,13-18,22-29H,2-4,7,12,19-20H2,1H3;1-2H3;;;;;;;;/b16-15-,18-17-;;;;;;;;;/t22?,23?,24?,25?,26-,27+,28+,29-;;;;;;;;;/m1........./s1. The molecule has 4 saturated heterocycles. The van der Waals surface area contributed by atoms with Gasteiger partial charge in [0.15, 0.2) is 0 Å². The van der Waals surface area contributed by atoms with Gasteiger partial charge in [-0.25, -0.2) is 0 Å². The fourth-order valence-electron chi connectivity index (χ4n) is 6.39. The van der Waals surface area contributed by atoms with Gasteiger partial charge >= 0.3 is 67.8 Å². The summed E-state index contributed by atoms with van der Waals surface area (Å²) >= 11 is 0. The van der Waals surface area contributed by atoms with Gasteiger partial charge in [-0.05, 0) is 18.1 Å². The molecule has 1 aromatic carbocycles. The Morgan fingerprint density at radius 3 is 1.44 bits per heavy atom. The number of likely N-dealkylation sites (tertiary alicyclic amines) is 2. The van der Waals surface area contributed by atoms with Crippen LogP contribution >= 0.6 is 0 Å². The summed E-state index contributed by atoms with van der Waals surface area (Å²) in [4.78, 5) is 55.9. The fraction of sp³-hybridized carbons (Fsp3) is 0.390. The van der Waals surface area contributed by atoms with E-state index in [0.29, 0.717) is 6.54 Å². The van der Waals surface area contributed by atoms with Crippen LogP contribution in [0.4, 0.5) is 0 Å². The minimum Gasteiger partial charge on any atom is 0 e. The summed E-state index contributed by atoms with van der Waals surface area (Å²) in [7, 11) is 0. The largest absolute Gasteiger partial charge is 0 e. The predicted octanol–water partition coefficient (Wildman–Crippen LogP) is 4.51. The number of rotatable bonds is 11. The molecule has 4 unspecified atom stereocenters. The molecule has 4 heterocycles. The third-order valence-corrected chi connectivity index (χ3v) is 8.43. The molecule has 306 valence electrons. The molecule has 4 amide bonds. The Morgan fingerprint density at radius 2 is 1.04 bits per heavy atom. The van der Waals surface area contributed by atoms with Gasteiger partial charge in [-0.2, -0.15) is 0 Å². The number of hydrogen-bond donors (Lipinski definition) is 0. The van der Waals surface area contributed by atoms with E-state index in [1.54, 1.807) is 24.3 Å². The second-order valence-corrected chi connectivity index (χ2v) is 10.9. The summed E-state index contributed by atoms with van der Waals surface area (Å²) < 4.78 is 57.4. The molecule has 2 radical (unpaired) electrons. The van der Waals surface area contributed by atoms with E-state index in [4.69, 9.17) is 37.4 Å². The third kappa shape index (κ3) is 16.2. The molecule has 4 aliphatic heterocycles. The van der Waals surface area contributed by atoms with Crippen LogP contribution in [0.1, 0.15) is 45.6 Å². The molecular formula is C41H42Co2N2O12. The van der Waals surface area contributed by atoms with E-state index in [9.17, 15) is 19.2 Å². The van der Waals surface area contributed by atoms with Crippen LogP contribution in [-0.2, 0) is 90.1 Å². The van der Waals surface area contributed by atoms with Crippen LogP contribution in [0.15, 0.2) is 79.6 Å². The molecular weight excluding hydrogens is 830 g/mol. The molecule has 0 N–H and O–H groups in total. The summed E-state index contributed by atoms with van der Waals surface area (Å²) in [5, 5.41) is 0. The molecule has 0 aromatic heterocycles. The number of unbranched alkanes of at least 4 members (excludes halogenated alkanes) is 2. The summed E-state index contributed by atoms with van der Waals surface area (Å²) in [5.74, 6) is -3.76. The van der Waals surface area contributed by atoms with Crippen molar-refractivity contribution in [1.82, 2.24) is 9.80 Å². The van der Waals surface area contributed by atoms with E-state index in [1.165, 1.54) is 9.80 Å². The predicted molar refractivity (Wildman–Crippen MR) is 188 cm³/mol. The molecule has 57 heavy (non-hydrogen) atoms. The van der Waals surface area contributed by atoms with Crippen molar-refractivity contribution in [3.63, 3.8) is 0 Å². The van der Waals surface area contributed by atoms with Crippen LogP contribution in [0, 0.1) is 63.6 Å². The van der Waals surface area contributed by atoms with E-state index < -0.39 is 48.1 Å². The van der Waals surface area contributed by atoms with Crippen molar-refractivity contribution in [1.29, 1.82) is 0 Å². The van der Waals surface area contributed by atoms with Crippen LogP contribution in [-0.4, -0.2) is 70.9 Å². The molecule has 0 saturated carbocycles. The summed E-state index contributed by atoms with van der Waals surface area (Å²) in [6.45, 7) is 40.9. The second-order valence-electron chi connectivity index (χ2n) is 10.9. The quantitative estimate of drug-likeness (QED) is 0.0779. The summed E-state index contributed by atoms with van der Waals surface area (Å²) in [6.07, 6.45) is 10.4. The topological polar surface area (TPSA) is 213 Å². The van der Waals surface area contributed by atoms with E-state index >= 15 is 0 Å². The van der Waals surface area contributed by atoms with Crippen molar-refractivity contribution in [2.45, 2.75) is 64.4 Å². The Bertz CT molecular complexity index is 1560. The first-order valence-corrected chi connectivity index (χ1v) is 16.5. The number of benzene rings is 1. The van der Waals surface area contributed by atoms with Crippen molar-refractivity contribution in [3.8, 4) is 0 Å². The Labute approximate surface area is 354 Å². The van der Waals surface area contributed by atoms with E-state index in [1.807, 2.05) is 56.3 Å². The molecule has 14 nitrogen and oxygen atoms in total. The number of imide groups is 2. The molecule has 0 bridgehead atoms. The third-order valence-electron chi connectivity index (χ3n) is 8.43. The van der Waals surface area contributed by atoms with Gasteiger partial charge in [-0.15, -0.1) is 12.3 Å². The zero-order valence-electron chi connectivity index (χ0n) is 31.4. The number of carbonyl (C=O) groups is 4. The van der Waals surface area contributed by atoms with Gasteiger partial charge < -0.3 is 9.47 Å².